The summed E-state index contributed by atoms with van der Waals surface area (Å²) in [5.41, 5.74) is 6.15. The molecular formula is C12H21N3O. The van der Waals surface area contributed by atoms with Crippen LogP contribution in [0, 0.1) is 6.92 Å². The first kappa shape index (κ1) is 12.8. The Bertz CT molecular complexity index is 380. The van der Waals surface area contributed by atoms with Crippen LogP contribution in [0.2, 0.25) is 0 Å². The van der Waals surface area contributed by atoms with Crippen molar-refractivity contribution < 1.29 is 5.11 Å². The molecule has 0 aliphatic rings. The number of nitrogens with one attached hydrogen (secondary N) is 1. The minimum absolute atomic E-state index is 0.512. The predicted octanol–water partition coefficient (Wildman–Crippen LogP) is 1.93. The average molecular weight is 223 g/mol. The number of hydrogen-bond donors (Lipinski definition) is 3. The highest BCUT2D eigenvalue weighted by Gasteiger charge is 2.35. The van der Waals surface area contributed by atoms with Crippen LogP contribution in [-0.4, -0.2) is 21.2 Å². The van der Waals surface area contributed by atoms with Crippen LogP contribution in [0.1, 0.15) is 33.3 Å². The van der Waals surface area contributed by atoms with E-state index in [-0.39, 0.29) is 0 Å². The first-order valence-electron chi connectivity index (χ1n) is 5.37. The van der Waals surface area contributed by atoms with Gasteiger partial charge in [-0.3, -0.25) is 0 Å². The van der Waals surface area contributed by atoms with Gasteiger partial charge in [0.15, 0.2) is 0 Å². The summed E-state index contributed by atoms with van der Waals surface area (Å²) in [7, 11) is 0. The molecule has 0 amide bonds. The average Bonchev–Trinajstić information content (AvgIpc) is 2.11. The van der Waals surface area contributed by atoms with E-state index in [4.69, 9.17) is 5.73 Å². The molecule has 90 valence electrons. The molecule has 0 spiro atoms. The highest BCUT2D eigenvalue weighted by molar-refractivity contribution is 5.65. The highest BCUT2D eigenvalue weighted by atomic mass is 16.3. The van der Waals surface area contributed by atoms with E-state index in [1.165, 1.54) is 0 Å². The number of nitrogens with two attached hydrogens (primary N) is 1. The fourth-order valence-corrected chi connectivity index (χ4v) is 1.12. The number of aliphatic hydroxyl groups is 1. The molecule has 1 rings (SSSR count). The number of pyridine rings is 1. The van der Waals surface area contributed by atoms with E-state index in [9.17, 15) is 5.11 Å². The minimum atomic E-state index is -0.870. The third-order valence-corrected chi connectivity index (χ3v) is 3.17. The summed E-state index contributed by atoms with van der Waals surface area (Å²) in [6, 6.07) is 1.86. The number of aromatic nitrogens is 1. The number of aryl methyl sites for hydroxylation is 1. The summed E-state index contributed by atoms with van der Waals surface area (Å²) in [4.78, 5) is 4.19. The molecule has 0 radical (unpaired) electrons. The number of nitrogen functional groups attached to an aromatic ring is 1. The molecule has 0 saturated heterocycles. The zero-order valence-electron chi connectivity index (χ0n) is 10.6. The van der Waals surface area contributed by atoms with Crippen molar-refractivity contribution in [2.24, 2.45) is 0 Å². The quantitative estimate of drug-likeness (QED) is 0.732. The van der Waals surface area contributed by atoms with Gasteiger partial charge in [-0.15, -0.1) is 0 Å². The monoisotopic (exact) mass is 223 g/mol. The summed E-state index contributed by atoms with van der Waals surface area (Å²) in [6.45, 7) is 9.27. The van der Waals surface area contributed by atoms with E-state index in [2.05, 4.69) is 10.3 Å². The van der Waals surface area contributed by atoms with E-state index in [1.54, 1.807) is 20.0 Å². The Morgan fingerprint density at radius 1 is 1.31 bits per heavy atom. The second kappa shape index (κ2) is 3.94. The topological polar surface area (TPSA) is 71.2 Å². The lowest BCUT2D eigenvalue weighted by molar-refractivity contribution is 0.0239. The van der Waals surface area contributed by atoms with Crippen LogP contribution in [0.5, 0.6) is 0 Å². The van der Waals surface area contributed by atoms with E-state index in [1.807, 2.05) is 26.8 Å². The molecule has 16 heavy (non-hydrogen) atoms. The Morgan fingerprint density at radius 3 is 2.38 bits per heavy atom. The van der Waals surface area contributed by atoms with Crippen LogP contribution in [0.25, 0.3) is 0 Å². The van der Waals surface area contributed by atoms with E-state index in [0.717, 1.165) is 5.56 Å². The van der Waals surface area contributed by atoms with Gasteiger partial charge in [-0.05, 0) is 46.2 Å². The maximum absolute atomic E-state index is 10.0. The molecular weight excluding hydrogens is 202 g/mol. The molecule has 0 aromatic carbocycles. The molecule has 0 unspecified atom stereocenters. The smallest absolute Gasteiger partial charge is 0.149 e. The van der Waals surface area contributed by atoms with Crippen molar-refractivity contribution in [3.8, 4) is 0 Å². The summed E-state index contributed by atoms with van der Waals surface area (Å²) in [5, 5.41) is 13.2. The maximum Gasteiger partial charge on any atom is 0.149 e. The van der Waals surface area contributed by atoms with E-state index < -0.39 is 11.1 Å². The van der Waals surface area contributed by atoms with Crippen molar-refractivity contribution in [3.05, 3.63) is 17.8 Å². The van der Waals surface area contributed by atoms with Crippen LogP contribution >= 0.6 is 0 Å². The van der Waals surface area contributed by atoms with E-state index >= 15 is 0 Å². The van der Waals surface area contributed by atoms with Gasteiger partial charge in [-0.1, -0.05) is 0 Å². The molecule has 4 N–H and O–H groups in total. The normalized spacial score (nSPS) is 12.6. The molecule has 4 heteroatoms. The molecule has 0 bridgehead atoms. The molecule has 0 fully saturated rings. The number of rotatable bonds is 3. The summed E-state index contributed by atoms with van der Waals surface area (Å²) in [6.07, 6.45) is 1.70. The molecule has 0 aliphatic carbocycles. The third-order valence-electron chi connectivity index (χ3n) is 3.17. The Balaban J connectivity index is 3.02. The Labute approximate surface area is 96.9 Å². The van der Waals surface area contributed by atoms with Gasteiger partial charge in [0, 0.05) is 6.20 Å². The van der Waals surface area contributed by atoms with Gasteiger partial charge in [0.25, 0.3) is 0 Å². The standard InChI is InChI=1S/C12H21N3O/c1-8-6-7-14-10(9(8)13)15-11(2,3)12(4,5)16/h6-7,16H,13H2,1-5H3,(H,14,15). The molecule has 0 saturated carbocycles. The number of nitrogens with zero attached hydrogens (tertiary/aromatic N) is 1. The lowest BCUT2D eigenvalue weighted by Gasteiger charge is -2.38. The predicted molar refractivity (Wildman–Crippen MR) is 67.4 cm³/mol. The van der Waals surface area contributed by atoms with Gasteiger partial charge in [0.05, 0.1) is 16.8 Å². The highest BCUT2D eigenvalue weighted by Crippen LogP contribution is 2.28. The van der Waals surface area contributed by atoms with Crippen LogP contribution in [0.15, 0.2) is 12.3 Å². The Kier molecular flexibility index (Phi) is 3.15. The first-order valence-corrected chi connectivity index (χ1v) is 5.37. The molecule has 1 aromatic heterocycles. The third kappa shape index (κ3) is 2.44. The second-order valence-electron chi connectivity index (χ2n) is 5.20. The van der Waals surface area contributed by atoms with Gasteiger partial charge in [0.2, 0.25) is 0 Å². The molecule has 0 aliphatic heterocycles. The van der Waals surface area contributed by atoms with Crippen molar-refractivity contribution in [1.82, 2.24) is 4.98 Å². The van der Waals surface area contributed by atoms with Crippen LogP contribution in [0.3, 0.4) is 0 Å². The fourth-order valence-electron chi connectivity index (χ4n) is 1.12. The summed E-state index contributed by atoms with van der Waals surface area (Å²) < 4.78 is 0. The fraction of sp³-hybridized carbons (Fsp3) is 0.583. The zero-order chi connectivity index (χ0) is 12.6. The van der Waals surface area contributed by atoms with Crippen LogP contribution < -0.4 is 11.1 Å². The minimum Gasteiger partial charge on any atom is -0.396 e. The summed E-state index contributed by atoms with van der Waals surface area (Å²) >= 11 is 0. The van der Waals surface area contributed by atoms with Crippen molar-refractivity contribution >= 4 is 11.5 Å². The summed E-state index contributed by atoms with van der Waals surface area (Å²) in [5.74, 6) is 0.618. The largest absolute Gasteiger partial charge is 0.396 e. The molecule has 1 aromatic rings. The molecule has 0 atom stereocenters. The second-order valence-corrected chi connectivity index (χ2v) is 5.20. The van der Waals surface area contributed by atoms with Gasteiger partial charge >= 0.3 is 0 Å². The van der Waals surface area contributed by atoms with Crippen molar-refractivity contribution in [2.75, 3.05) is 11.1 Å². The number of hydrogen-bond acceptors (Lipinski definition) is 4. The van der Waals surface area contributed by atoms with Gasteiger partial charge in [-0.2, -0.15) is 0 Å². The van der Waals surface area contributed by atoms with Gasteiger partial charge in [-0.25, -0.2) is 4.98 Å². The Hall–Kier alpha value is -1.29. The molecule has 4 nitrogen and oxygen atoms in total. The van der Waals surface area contributed by atoms with Crippen molar-refractivity contribution in [2.45, 2.75) is 45.8 Å². The first-order chi connectivity index (χ1) is 7.15. The van der Waals surface area contributed by atoms with Gasteiger partial charge < -0.3 is 16.2 Å². The van der Waals surface area contributed by atoms with E-state index in [0.29, 0.717) is 11.5 Å². The van der Waals surface area contributed by atoms with Crippen molar-refractivity contribution in [3.63, 3.8) is 0 Å². The molecule has 1 heterocycles. The van der Waals surface area contributed by atoms with Crippen molar-refractivity contribution in [1.29, 1.82) is 0 Å². The maximum atomic E-state index is 10.0. The zero-order valence-corrected chi connectivity index (χ0v) is 10.6. The van der Waals surface area contributed by atoms with Gasteiger partial charge in [0.1, 0.15) is 5.82 Å². The number of anilines is 2. The lowest BCUT2D eigenvalue weighted by Crippen LogP contribution is -2.51. The van der Waals surface area contributed by atoms with Crippen LogP contribution in [0.4, 0.5) is 11.5 Å². The lowest BCUT2D eigenvalue weighted by atomic mass is 9.86. The van der Waals surface area contributed by atoms with Crippen LogP contribution in [-0.2, 0) is 0 Å². The Morgan fingerprint density at radius 2 is 1.88 bits per heavy atom. The SMILES string of the molecule is Cc1ccnc(NC(C)(C)C(C)(C)O)c1N.